The molecule has 1 heterocycles. The molecule has 0 saturated carbocycles. The lowest BCUT2D eigenvalue weighted by Gasteiger charge is -2.06. The van der Waals surface area contributed by atoms with Gasteiger partial charge in [0.1, 0.15) is 0 Å². The molecule has 0 spiro atoms. The molecule has 0 amide bonds. The van der Waals surface area contributed by atoms with Crippen molar-refractivity contribution in [2.75, 3.05) is 0 Å². The lowest BCUT2D eigenvalue weighted by atomic mass is 10.2. The van der Waals surface area contributed by atoms with Gasteiger partial charge in [0.2, 0.25) is 0 Å². The number of rotatable bonds is 2. The highest BCUT2D eigenvalue weighted by atomic mass is 35.5. The minimum absolute atomic E-state index is 0.0843. The molecule has 0 atom stereocenters. The van der Waals surface area contributed by atoms with Crippen LogP contribution in [-0.4, -0.2) is 15.1 Å². The van der Waals surface area contributed by atoms with Gasteiger partial charge in [-0.1, -0.05) is 23.7 Å². The van der Waals surface area contributed by atoms with Gasteiger partial charge in [0, 0.05) is 0 Å². The zero-order valence-corrected chi connectivity index (χ0v) is 9.27. The Labute approximate surface area is 97.5 Å². The number of aromatic hydroxyl groups is 1. The van der Waals surface area contributed by atoms with Gasteiger partial charge >= 0.3 is 6.01 Å². The molecule has 4 nitrogen and oxygen atoms in total. The van der Waals surface area contributed by atoms with Crippen LogP contribution in [0.2, 0.25) is 5.02 Å². The Hall–Kier alpha value is -1.81. The second-order valence-corrected chi connectivity index (χ2v) is 3.64. The van der Waals surface area contributed by atoms with E-state index in [1.54, 1.807) is 25.1 Å². The van der Waals surface area contributed by atoms with Gasteiger partial charge in [-0.2, -0.15) is 0 Å². The molecule has 2 aromatic rings. The second-order valence-electron chi connectivity index (χ2n) is 3.21. The number of para-hydroxylation sites is 1. The van der Waals surface area contributed by atoms with Crippen LogP contribution >= 0.6 is 11.6 Å². The second kappa shape index (κ2) is 4.37. The van der Waals surface area contributed by atoms with Crippen molar-refractivity contribution in [2.24, 2.45) is 0 Å². The van der Waals surface area contributed by atoms with Crippen molar-refractivity contribution in [1.82, 2.24) is 9.97 Å². The first-order chi connectivity index (χ1) is 7.66. The average Bonchev–Trinajstić information content (AvgIpc) is 2.28. The summed E-state index contributed by atoms with van der Waals surface area (Å²) in [4.78, 5) is 7.74. The van der Waals surface area contributed by atoms with Crippen LogP contribution < -0.4 is 4.74 Å². The number of aromatic nitrogens is 2. The summed E-state index contributed by atoms with van der Waals surface area (Å²) in [6.07, 6.45) is 2.85. The standard InChI is InChI=1S/C11H9ClN2O2/c1-7-3-2-4-9(10(7)15)16-11-13-5-8(12)6-14-11/h2-6,15H,1H3. The molecule has 0 bridgehead atoms. The summed E-state index contributed by atoms with van der Waals surface area (Å²) in [6, 6.07) is 5.34. The lowest BCUT2D eigenvalue weighted by Crippen LogP contribution is -1.91. The normalized spacial score (nSPS) is 10.1. The number of phenols is 1. The van der Waals surface area contributed by atoms with Crippen LogP contribution in [0, 0.1) is 6.92 Å². The van der Waals surface area contributed by atoms with Crippen molar-refractivity contribution in [3.8, 4) is 17.5 Å². The molecule has 1 aromatic heterocycles. The summed E-state index contributed by atoms with van der Waals surface area (Å²) in [5, 5.41) is 10.1. The number of ether oxygens (including phenoxy) is 1. The minimum Gasteiger partial charge on any atom is -0.504 e. The Morgan fingerprint density at radius 1 is 1.25 bits per heavy atom. The van der Waals surface area contributed by atoms with E-state index in [1.165, 1.54) is 12.4 Å². The summed E-state index contributed by atoms with van der Waals surface area (Å²) >= 11 is 5.64. The van der Waals surface area contributed by atoms with E-state index in [4.69, 9.17) is 16.3 Å². The van der Waals surface area contributed by atoms with Crippen LogP contribution in [0.25, 0.3) is 0 Å². The Morgan fingerprint density at radius 2 is 1.94 bits per heavy atom. The van der Waals surface area contributed by atoms with Crippen molar-refractivity contribution in [3.63, 3.8) is 0 Å². The third-order valence-corrected chi connectivity index (χ3v) is 2.19. The number of nitrogens with zero attached hydrogens (tertiary/aromatic N) is 2. The minimum atomic E-state index is 0.0843. The molecule has 82 valence electrons. The van der Waals surface area contributed by atoms with E-state index in [9.17, 15) is 5.11 Å². The molecule has 1 N–H and O–H groups in total. The maximum Gasteiger partial charge on any atom is 0.322 e. The summed E-state index contributed by atoms with van der Waals surface area (Å²) in [7, 11) is 0. The summed E-state index contributed by atoms with van der Waals surface area (Å²) in [5.41, 5.74) is 0.728. The molecule has 0 radical (unpaired) electrons. The van der Waals surface area contributed by atoms with E-state index in [1.807, 2.05) is 0 Å². The number of hydrogen-bond acceptors (Lipinski definition) is 4. The number of benzene rings is 1. The van der Waals surface area contributed by atoms with Crippen molar-refractivity contribution < 1.29 is 9.84 Å². The Morgan fingerprint density at radius 3 is 2.62 bits per heavy atom. The van der Waals surface area contributed by atoms with Gasteiger partial charge in [-0.05, 0) is 18.6 Å². The van der Waals surface area contributed by atoms with Crippen LogP contribution in [0.15, 0.2) is 30.6 Å². The lowest BCUT2D eigenvalue weighted by molar-refractivity contribution is 0.390. The van der Waals surface area contributed by atoms with Crippen molar-refractivity contribution in [2.45, 2.75) is 6.92 Å². The van der Waals surface area contributed by atoms with Gasteiger partial charge in [-0.3, -0.25) is 0 Å². The summed E-state index contributed by atoms with van der Waals surface area (Å²) in [6.45, 7) is 1.78. The molecule has 0 aliphatic rings. The highest BCUT2D eigenvalue weighted by molar-refractivity contribution is 6.30. The number of halogens is 1. The van der Waals surface area contributed by atoms with Crippen LogP contribution in [0.1, 0.15) is 5.56 Å². The highest BCUT2D eigenvalue weighted by Gasteiger charge is 2.07. The molecule has 2 rings (SSSR count). The molecular formula is C11H9ClN2O2. The molecule has 0 fully saturated rings. The van der Waals surface area contributed by atoms with Crippen molar-refractivity contribution in [1.29, 1.82) is 0 Å². The third-order valence-electron chi connectivity index (χ3n) is 2.00. The summed E-state index contributed by atoms with van der Waals surface area (Å²) in [5.74, 6) is 0.406. The maximum absolute atomic E-state index is 9.71. The van der Waals surface area contributed by atoms with Gasteiger partial charge in [-0.25, -0.2) is 9.97 Å². The molecule has 5 heteroatoms. The van der Waals surface area contributed by atoms with E-state index in [0.29, 0.717) is 10.8 Å². The fourth-order valence-corrected chi connectivity index (χ4v) is 1.26. The predicted molar refractivity (Wildman–Crippen MR) is 60.0 cm³/mol. The zero-order valence-electron chi connectivity index (χ0n) is 8.51. The van der Waals surface area contributed by atoms with Crippen LogP contribution in [0.4, 0.5) is 0 Å². The highest BCUT2D eigenvalue weighted by Crippen LogP contribution is 2.31. The van der Waals surface area contributed by atoms with Crippen LogP contribution in [0.5, 0.6) is 17.5 Å². The Bertz CT molecular complexity index is 500. The first-order valence-corrected chi connectivity index (χ1v) is 4.98. The SMILES string of the molecule is Cc1cccc(Oc2ncc(Cl)cn2)c1O. The average molecular weight is 237 g/mol. The van der Waals surface area contributed by atoms with Crippen molar-refractivity contribution in [3.05, 3.63) is 41.2 Å². The molecule has 1 aromatic carbocycles. The third kappa shape index (κ3) is 2.23. The smallest absolute Gasteiger partial charge is 0.322 e. The van der Waals surface area contributed by atoms with Gasteiger partial charge in [-0.15, -0.1) is 0 Å². The molecule has 0 saturated heterocycles. The fourth-order valence-electron chi connectivity index (χ4n) is 1.17. The molecule has 0 unspecified atom stereocenters. The summed E-state index contributed by atoms with van der Waals surface area (Å²) < 4.78 is 5.31. The van der Waals surface area contributed by atoms with E-state index in [0.717, 1.165) is 5.56 Å². The van der Waals surface area contributed by atoms with Gasteiger partial charge in [0.25, 0.3) is 0 Å². The van der Waals surface area contributed by atoms with Gasteiger partial charge < -0.3 is 9.84 Å². The maximum atomic E-state index is 9.71. The van der Waals surface area contributed by atoms with Gasteiger partial charge in [0.05, 0.1) is 17.4 Å². The Kier molecular flexibility index (Phi) is 2.92. The quantitative estimate of drug-likeness (QED) is 0.871. The monoisotopic (exact) mass is 236 g/mol. The van der Waals surface area contributed by atoms with E-state index < -0.39 is 0 Å². The first-order valence-electron chi connectivity index (χ1n) is 4.61. The molecule has 16 heavy (non-hydrogen) atoms. The van der Waals surface area contributed by atoms with Crippen LogP contribution in [0.3, 0.4) is 0 Å². The van der Waals surface area contributed by atoms with E-state index in [2.05, 4.69) is 9.97 Å². The van der Waals surface area contributed by atoms with E-state index >= 15 is 0 Å². The number of aryl methyl sites for hydroxylation is 1. The Balaban J connectivity index is 2.27. The van der Waals surface area contributed by atoms with Crippen LogP contribution in [-0.2, 0) is 0 Å². The van der Waals surface area contributed by atoms with Gasteiger partial charge in [0.15, 0.2) is 11.5 Å². The van der Waals surface area contributed by atoms with Crippen molar-refractivity contribution >= 4 is 11.6 Å². The fraction of sp³-hybridized carbons (Fsp3) is 0.0909. The largest absolute Gasteiger partial charge is 0.504 e. The topological polar surface area (TPSA) is 55.2 Å². The molecule has 0 aliphatic heterocycles. The predicted octanol–water partition coefficient (Wildman–Crippen LogP) is 2.94. The number of hydrogen-bond donors (Lipinski definition) is 1. The molecule has 0 aliphatic carbocycles. The number of phenolic OH excluding ortho intramolecular Hbond substituents is 1. The zero-order chi connectivity index (χ0) is 11.5. The first kappa shape index (κ1) is 10.7. The molecular weight excluding hydrogens is 228 g/mol. The van der Waals surface area contributed by atoms with E-state index in [-0.39, 0.29) is 11.8 Å².